The molecule has 1 heterocycles. The molecule has 0 saturated heterocycles. The number of aromatic nitrogens is 2. The first-order valence-electron chi connectivity index (χ1n) is 5.38. The van der Waals surface area contributed by atoms with Crippen LogP contribution in [0.2, 0.25) is 0 Å². The van der Waals surface area contributed by atoms with Crippen molar-refractivity contribution < 1.29 is 4.79 Å². The Bertz CT molecular complexity index is 662. The van der Waals surface area contributed by atoms with Crippen molar-refractivity contribution in [2.45, 2.75) is 20.4 Å². The number of carbonyl (C=O) groups is 1. The van der Waals surface area contributed by atoms with Gasteiger partial charge in [-0.2, -0.15) is 0 Å². The van der Waals surface area contributed by atoms with Crippen molar-refractivity contribution in [2.75, 3.05) is 0 Å². The maximum absolute atomic E-state index is 12.2. The summed E-state index contributed by atoms with van der Waals surface area (Å²) in [7, 11) is 0. The van der Waals surface area contributed by atoms with E-state index in [0.717, 1.165) is 11.0 Å². The molecule has 0 radical (unpaired) electrons. The van der Waals surface area contributed by atoms with E-state index < -0.39 is 0 Å². The molecule has 0 N–H and O–H groups in total. The summed E-state index contributed by atoms with van der Waals surface area (Å²) in [5.74, 6) is -0.0447. The summed E-state index contributed by atoms with van der Waals surface area (Å²) in [6, 6.07) is 7.39. The SMILES string of the molecule is C=C(C)n1c(=O)n(CC(C)=O)c2ccccc21. The highest BCUT2D eigenvalue weighted by molar-refractivity contribution is 5.82. The van der Waals surface area contributed by atoms with Crippen molar-refractivity contribution in [2.24, 2.45) is 0 Å². The van der Waals surface area contributed by atoms with Crippen LogP contribution in [0.25, 0.3) is 16.7 Å². The number of imidazole rings is 1. The second-order valence-electron chi connectivity index (χ2n) is 4.13. The number of benzene rings is 1. The number of ketones is 1. The van der Waals surface area contributed by atoms with Crippen LogP contribution in [0, 0.1) is 0 Å². The zero-order valence-corrected chi connectivity index (χ0v) is 9.93. The number of nitrogens with zero attached hydrogens (tertiary/aromatic N) is 2. The third kappa shape index (κ3) is 1.82. The lowest BCUT2D eigenvalue weighted by molar-refractivity contribution is -0.117. The molecule has 4 nitrogen and oxygen atoms in total. The van der Waals surface area contributed by atoms with Crippen molar-refractivity contribution in [1.29, 1.82) is 0 Å². The molecule has 0 spiro atoms. The molecule has 2 rings (SSSR count). The topological polar surface area (TPSA) is 44.0 Å². The van der Waals surface area contributed by atoms with E-state index in [1.165, 1.54) is 16.1 Å². The predicted molar refractivity (Wildman–Crippen MR) is 67.9 cm³/mol. The Kier molecular flexibility index (Phi) is 2.71. The Morgan fingerprint density at radius 1 is 1.24 bits per heavy atom. The number of hydrogen-bond donors (Lipinski definition) is 0. The molecule has 0 aliphatic carbocycles. The molecule has 0 fully saturated rings. The van der Waals surface area contributed by atoms with Crippen molar-refractivity contribution in [1.82, 2.24) is 9.13 Å². The van der Waals surface area contributed by atoms with Gasteiger partial charge >= 0.3 is 5.69 Å². The number of Topliss-reactive ketones (excluding diaryl/α,β-unsaturated/α-hetero) is 1. The van der Waals surface area contributed by atoms with E-state index in [4.69, 9.17) is 0 Å². The third-order valence-electron chi connectivity index (χ3n) is 2.60. The highest BCUT2D eigenvalue weighted by Crippen LogP contribution is 2.15. The molecule has 2 aromatic rings. The van der Waals surface area contributed by atoms with E-state index >= 15 is 0 Å². The Hall–Kier alpha value is -2.10. The van der Waals surface area contributed by atoms with E-state index in [9.17, 15) is 9.59 Å². The molecule has 1 aromatic carbocycles. The van der Waals surface area contributed by atoms with Crippen molar-refractivity contribution >= 4 is 22.5 Å². The lowest BCUT2D eigenvalue weighted by atomic mass is 10.3. The standard InChI is InChI=1S/C13H14N2O2/c1-9(2)15-12-7-5-4-6-11(12)14(13(15)17)8-10(3)16/h4-7H,1,8H2,2-3H3. The Balaban J connectivity index is 2.84. The molecular formula is C13H14N2O2. The molecule has 1 aromatic heterocycles. The summed E-state index contributed by atoms with van der Waals surface area (Å²) in [6.45, 7) is 7.13. The highest BCUT2D eigenvalue weighted by Gasteiger charge is 2.13. The minimum absolute atomic E-state index is 0.0447. The summed E-state index contributed by atoms with van der Waals surface area (Å²) in [5, 5.41) is 0. The molecule has 17 heavy (non-hydrogen) atoms. The highest BCUT2D eigenvalue weighted by atomic mass is 16.2. The van der Waals surface area contributed by atoms with Gasteiger partial charge in [0.05, 0.1) is 17.6 Å². The first-order valence-corrected chi connectivity index (χ1v) is 5.38. The third-order valence-corrected chi connectivity index (χ3v) is 2.60. The number of carbonyl (C=O) groups excluding carboxylic acids is 1. The lowest BCUT2D eigenvalue weighted by Crippen LogP contribution is -2.25. The normalized spacial score (nSPS) is 10.7. The van der Waals surface area contributed by atoms with Crippen LogP contribution in [0.3, 0.4) is 0 Å². The summed E-state index contributed by atoms with van der Waals surface area (Å²) >= 11 is 0. The fraction of sp³-hybridized carbons (Fsp3) is 0.231. The summed E-state index contributed by atoms with van der Waals surface area (Å²) in [6.07, 6.45) is 0. The molecule has 0 aliphatic heterocycles. The predicted octanol–water partition coefficient (Wildman–Crippen LogP) is 1.88. The fourth-order valence-electron chi connectivity index (χ4n) is 1.95. The van der Waals surface area contributed by atoms with Crippen molar-refractivity contribution in [3.8, 4) is 0 Å². The fourth-order valence-corrected chi connectivity index (χ4v) is 1.95. The van der Waals surface area contributed by atoms with Crippen LogP contribution in [0.15, 0.2) is 35.6 Å². The van der Waals surface area contributed by atoms with Crippen LogP contribution >= 0.6 is 0 Å². The van der Waals surface area contributed by atoms with E-state index in [2.05, 4.69) is 6.58 Å². The molecule has 4 heteroatoms. The summed E-state index contributed by atoms with van der Waals surface area (Å²) in [4.78, 5) is 23.4. The molecular weight excluding hydrogens is 216 g/mol. The maximum Gasteiger partial charge on any atom is 0.333 e. The van der Waals surface area contributed by atoms with Gasteiger partial charge in [-0.05, 0) is 26.0 Å². The molecule has 0 atom stereocenters. The van der Waals surface area contributed by atoms with Gasteiger partial charge in [0.1, 0.15) is 5.78 Å². The van der Waals surface area contributed by atoms with Gasteiger partial charge in [0.2, 0.25) is 0 Å². The summed E-state index contributed by atoms with van der Waals surface area (Å²) < 4.78 is 3.00. The Labute approximate surface area is 98.8 Å². The molecule has 0 saturated carbocycles. The minimum Gasteiger partial charge on any atom is -0.298 e. The van der Waals surface area contributed by atoms with Crippen molar-refractivity contribution in [3.05, 3.63) is 41.3 Å². The monoisotopic (exact) mass is 230 g/mol. The van der Waals surface area contributed by atoms with Gasteiger partial charge < -0.3 is 0 Å². The quantitative estimate of drug-likeness (QED) is 0.808. The van der Waals surface area contributed by atoms with Crippen LogP contribution < -0.4 is 5.69 Å². The maximum atomic E-state index is 12.2. The van der Waals surface area contributed by atoms with Crippen molar-refractivity contribution in [3.63, 3.8) is 0 Å². The van der Waals surface area contributed by atoms with Gasteiger partial charge in [-0.25, -0.2) is 4.79 Å². The zero-order valence-electron chi connectivity index (χ0n) is 9.93. The van der Waals surface area contributed by atoms with Crippen LogP contribution in [0.1, 0.15) is 13.8 Å². The molecule has 0 aliphatic rings. The van der Waals surface area contributed by atoms with E-state index in [1.54, 1.807) is 6.92 Å². The number of para-hydroxylation sites is 2. The van der Waals surface area contributed by atoms with Crippen LogP contribution in [0.4, 0.5) is 0 Å². The van der Waals surface area contributed by atoms with Gasteiger partial charge in [0, 0.05) is 5.70 Å². The largest absolute Gasteiger partial charge is 0.333 e. The second-order valence-corrected chi connectivity index (χ2v) is 4.13. The van der Waals surface area contributed by atoms with Gasteiger partial charge in [0.15, 0.2) is 0 Å². The number of hydrogen-bond acceptors (Lipinski definition) is 2. The van der Waals surface area contributed by atoms with Gasteiger partial charge in [0.25, 0.3) is 0 Å². The van der Waals surface area contributed by atoms with E-state index in [-0.39, 0.29) is 18.0 Å². The zero-order chi connectivity index (χ0) is 12.6. The molecule has 0 unspecified atom stereocenters. The second kappa shape index (κ2) is 4.05. The summed E-state index contributed by atoms with van der Waals surface area (Å²) in [5.41, 5.74) is 1.98. The minimum atomic E-state index is -0.214. The molecule has 0 bridgehead atoms. The average Bonchev–Trinajstić information content (AvgIpc) is 2.52. The van der Waals surface area contributed by atoms with Gasteiger partial charge in [-0.1, -0.05) is 18.7 Å². The smallest absolute Gasteiger partial charge is 0.298 e. The first-order chi connectivity index (χ1) is 8.02. The van der Waals surface area contributed by atoms with Crippen LogP contribution in [-0.2, 0) is 11.3 Å². The molecule has 0 amide bonds. The van der Waals surface area contributed by atoms with Crippen LogP contribution in [-0.4, -0.2) is 14.9 Å². The van der Waals surface area contributed by atoms with Crippen LogP contribution in [0.5, 0.6) is 0 Å². The number of rotatable bonds is 3. The van der Waals surface area contributed by atoms with E-state index in [0.29, 0.717) is 5.70 Å². The lowest BCUT2D eigenvalue weighted by Gasteiger charge is -1.99. The van der Waals surface area contributed by atoms with E-state index in [1.807, 2.05) is 24.3 Å². The average molecular weight is 230 g/mol. The Morgan fingerprint density at radius 3 is 2.35 bits per heavy atom. The Morgan fingerprint density at radius 2 is 1.82 bits per heavy atom. The number of allylic oxidation sites excluding steroid dienone is 1. The van der Waals surface area contributed by atoms with Gasteiger partial charge in [-0.3, -0.25) is 13.9 Å². The number of fused-ring (bicyclic) bond motifs is 1. The first kappa shape index (κ1) is 11.4. The van der Waals surface area contributed by atoms with Gasteiger partial charge in [-0.15, -0.1) is 0 Å². The molecule has 88 valence electrons.